The van der Waals surface area contributed by atoms with E-state index in [1.165, 1.54) is 12.1 Å². The molecule has 1 N–H and O–H groups in total. The molecule has 0 saturated carbocycles. The van der Waals surface area contributed by atoms with Crippen molar-refractivity contribution < 1.29 is 9.13 Å². The van der Waals surface area contributed by atoms with Gasteiger partial charge < -0.3 is 4.74 Å². The number of aromatic nitrogens is 1. The lowest BCUT2D eigenvalue weighted by atomic mass is 9.97. The van der Waals surface area contributed by atoms with Gasteiger partial charge in [0.05, 0.1) is 13.2 Å². The molecule has 25 heavy (non-hydrogen) atoms. The van der Waals surface area contributed by atoms with Gasteiger partial charge in [-0.1, -0.05) is 30.3 Å². The lowest BCUT2D eigenvalue weighted by Crippen LogP contribution is -2.26. The monoisotopic (exact) mass is 336 g/mol. The van der Waals surface area contributed by atoms with Crippen molar-refractivity contribution in [3.8, 4) is 5.75 Å². The van der Waals surface area contributed by atoms with Crippen LogP contribution in [0.2, 0.25) is 0 Å². The van der Waals surface area contributed by atoms with Gasteiger partial charge >= 0.3 is 0 Å². The van der Waals surface area contributed by atoms with E-state index in [0.717, 1.165) is 22.4 Å². The highest BCUT2D eigenvalue weighted by Gasteiger charge is 2.19. The Morgan fingerprint density at radius 1 is 0.920 bits per heavy atom. The molecule has 0 aliphatic carbocycles. The van der Waals surface area contributed by atoms with Crippen LogP contribution in [0.25, 0.3) is 0 Å². The summed E-state index contributed by atoms with van der Waals surface area (Å²) in [5, 5.41) is 3.63. The summed E-state index contributed by atoms with van der Waals surface area (Å²) in [6.07, 6.45) is 3.53. The fraction of sp³-hybridized carbons (Fsp3) is 0.190. The fourth-order valence-corrected chi connectivity index (χ4v) is 2.96. The average molecular weight is 336 g/mol. The third-order valence-electron chi connectivity index (χ3n) is 4.26. The summed E-state index contributed by atoms with van der Waals surface area (Å²) in [6, 6.07) is 18.4. The number of methoxy groups -OCH3 is 1. The van der Waals surface area contributed by atoms with E-state index in [1.54, 1.807) is 19.5 Å². The summed E-state index contributed by atoms with van der Waals surface area (Å²) < 4.78 is 18.8. The molecule has 1 heterocycles. The zero-order chi connectivity index (χ0) is 17.6. The summed E-state index contributed by atoms with van der Waals surface area (Å²) in [7, 11) is 1.67. The first kappa shape index (κ1) is 17.1. The Balaban J connectivity index is 1.93. The van der Waals surface area contributed by atoms with Crippen molar-refractivity contribution in [1.29, 1.82) is 0 Å². The third kappa shape index (κ3) is 4.03. The number of para-hydroxylation sites is 1. The first-order valence-corrected chi connectivity index (χ1v) is 8.23. The van der Waals surface area contributed by atoms with Crippen LogP contribution in [0, 0.1) is 5.82 Å². The second-order valence-electron chi connectivity index (χ2n) is 5.90. The molecule has 0 amide bonds. The van der Waals surface area contributed by atoms with Gasteiger partial charge in [-0.3, -0.25) is 10.3 Å². The molecule has 2 atom stereocenters. The first-order chi connectivity index (χ1) is 12.2. The Bertz CT molecular complexity index is 806. The molecule has 1 aromatic heterocycles. The number of nitrogens with one attached hydrogen (secondary N) is 1. The van der Waals surface area contributed by atoms with Crippen molar-refractivity contribution in [1.82, 2.24) is 10.3 Å². The molecule has 0 fully saturated rings. The molecule has 3 aromatic rings. The van der Waals surface area contributed by atoms with Crippen molar-refractivity contribution in [2.24, 2.45) is 0 Å². The van der Waals surface area contributed by atoms with Gasteiger partial charge in [-0.2, -0.15) is 0 Å². The summed E-state index contributed by atoms with van der Waals surface area (Å²) in [6.45, 7) is 2.09. The van der Waals surface area contributed by atoms with Crippen LogP contribution in [0.5, 0.6) is 5.75 Å². The largest absolute Gasteiger partial charge is 0.496 e. The van der Waals surface area contributed by atoms with Gasteiger partial charge in [-0.15, -0.1) is 0 Å². The SMILES string of the molecule is COc1ccccc1[C@@H](C)N[C@@H](c1ccncc1)c1ccc(F)cc1. The van der Waals surface area contributed by atoms with Crippen LogP contribution in [-0.4, -0.2) is 12.1 Å². The third-order valence-corrected chi connectivity index (χ3v) is 4.26. The van der Waals surface area contributed by atoms with Crippen molar-refractivity contribution in [3.63, 3.8) is 0 Å². The number of rotatable bonds is 6. The quantitative estimate of drug-likeness (QED) is 0.710. The van der Waals surface area contributed by atoms with Crippen molar-refractivity contribution in [2.45, 2.75) is 19.0 Å². The van der Waals surface area contributed by atoms with Crippen LogP contribution >= 0.6 is 0 Å². The van der Waals surface area contributed by atoms with Gasteiger partial charge in [0.25, 0.3) is 0 Å². The van der Waals surface area contributed by atoms with Gasteiger partial charge in [0.2, 0.25) is 0 Å². The Hall–Kier alpha value is -2.72. The van der Waals surface area contributed by atoms with E-state index in [4.69, 9.17) is 4.74 Å². The zero-order valence-corrected chi connectivity index (χ0v) is 14.3. The second-order valence-corrected chi connectivity index (χ2v) is 5.90. The van der Waals surface area contributed by atoms with E-state index < -0.39 is 0 Å². The van der Waals surface area contributed by atoms with Crippen LogP contribution < -0.4 is 10.1 Å². The number of hydrogen-bond donors (Lipinski definition) is 1. The molecular formula is C21H21FN2O. The normalized spacial score (nSPS) is 13.2. The Labute approximate surface area is 147 Å². The van der Waals surface area contributed by atoms with Gasteiger partial charge in [0, 0.05) is 24.0 Å². The van der Waals surface area contributed by atoms with Gasteiger partial charge in [0.15, 0.2) is 0 Å². The minimum atomic E-state index is -0.241. The van der Waals surface area contributed by atoms with Gasteiger partial charge in [0.1, 0.15) is 11.6 Å². The molecule has 0 saturated heterocycles. The Morgan fingerprint density at radius 2 is 1.56 bits per heavy atom. The number of ether oxygens (including phenoxy) is 1. The van der Waals surface area contributed by atoms with Crippen molar-refractivity contribution >= 4 is 0 Å². The highest BCUT2D eigenvalue weighted by molar-refractivity contribution is 5.37. The standard InChI is InChI=1S/C21H21FN2O/c1-15(19-5-3-4-6-20(19)25-2)24-21(17-11-13-23-14-12-17)16-7-9-18(22)10-8-16/h3-15,21,24H,1-2H3/t15-,21-/m1/s1. The predicted molar refractivity (Wildman–Crippen MR) is 97.0 cm³/mol. The minimum absolute atomic E-state index is 0.0411. The van der Waals surface area contributed by atoms with E-state index in [-0.39, 0.29) is 17.9 Å². The molecule has 3 nitrogen and oxygen atoms in total. The number of pyridine rings is 1. The smallest absolute Gasteiger partial charge is 0.123 e. The molecule has 0 radical (unpaired) electrons. The van der Waals surface area contributed by atoms with Crippen LogP contribution in [0.4, 0.5) is 4.39 Å². The summed E-state index contributed by atoms with van der Waals surface area (Å²) in [4.78, 5) is 4.09. The highest BCUT2D eigenvalue weighted by atomic mass is 19.1. The van der Waals surface area contributed by atoms with Crippen LogP contribution in [-0.2, 0) is 0 Å². The van der Waals surface area contributed by atoms with Crippen molar-refractivity contribution in [3.05, 3.63) is 95.6 Å². The number of hydrogen-bond acceptors (Lipinski definition) is 3. The molecule has 0 unspecified atom stereocenters. The van der Waals surface area contributed by atoms with Crippen LogP contribution in [0.3, 0.4) is 0 Å². The lowest BCUT2D eigenvalue weighted by Gasteiger charge is -2.25. The molecule has 0 bridgehead atoms. The van der Waals surface area contributed by atoms with E-state index in [0.29, 0.717) is 0 Å². The molecule has 4 heteroatoms. The van der Waals surface area contributed by atoms with E-state index in [9.17, 15) is 4.39 Å². The molecule has 0 aliphatic heterocycles. The molecule has 0 aliphatic rings. The number of benzene rings is 2. The maximum Gasteiger partial charge on any atom is 0.123 e. The molecule has 3 rings (SSSR count). The zero-order valence-electron chi connectivity index (χ0n) is 14.3. The Kier molecular flexibility index (Phi) is 5.41. The first-order valence-electron chi connectivity index (χ1n) is 8.23. The summed E-state index contributed by atoms with van der Waals surface area (Å²) in [5.74, 6) is 0.602. The molecule has 0 spiro atoms. The van der Waals surface area contributed by atoms with Gasteiger partial charge in [-0.25, -0.2) is 4.39 Å². The van der Waals surface area contributed by atoms with Crippen LogP contribution in [0.1, 0.15) is 35.7 Å². The molecular weight excluding hydrogens is 315 g/mol. The number of nitrogens with zero attached hydrogens (tertiary/aromatic N) is 1. The predicted octanol–water partition coefficient (Wildman–Crippen LogP) is 4.67. The summed E-state index contributed by atoms with van der Waals surface area (Å²) >= 11 is 0. The van der Waals surface area contributed by atoms with E-state index in [1.807, 2.05) is 48.5 Å². The Morgan fingerprint density at radius 3 is 2.24 bits per heavy atom. The average Bonchev–Trinajstić information content (AvgIpc) is 2.67. The highest BCUT2D eigenvalue weighted by Crippen LogP contribution is 2.29. The maximum atomic E-state index is 13.3. The second kappa shape index (κ2) is 7.90. The summed E-state index contributed by atoms with van der Waals surface area (Å²) in [5.41, 5.74) is 3.14. The molecule has 128 valence electrons. The topological polar surface area (TPSA) is 34.1 Å². The van der Waals surface area contributed by atoms with Crippen LogP contribution in [0.15, 0.2) is 73.1 Å². The van der Waals surface area contributed by atoms with E-state index >= 15 is 0 Å². The number of halogens is 1. The maximum absolute atomic E-state index is 13.3. The lowest BCUT2D eigenvalue weighted by molar-refractivity contribution is 0.398. The molecule has 2 aromatic carbocycles. The van der Waals surface area contributed by atoms with Crippen molar-refractivity contribution in [2.75, 3.05) is 7.11 Å². The minimum Gasteiger partial charge on any atom is -0.496 e. The van der Waals surface area contributed by atoms with E-state index in [2.05, 4.69) is 17.2 Å². The fourth-order valence-electron chi connectivity index (χ4n) is 2.96. The van der Waals surface area contributed by atoms with Gasteiger partial charge in [-0.05, 0) is 48.4 Å².